The number of nitrogens with zero attached hydrogens (tertiary/aromatic N) is 1. The van der Waals surface area contributed by atoms with Crippen LogP contribution in [0.3, 0.4) is 0 Å². The van der Waals surface area contributed by atoms with Crippen molar-refractivity contribution < 1.29 is 19.7 Å². The summed E-state index contributed by atoms with van der Waals surface area (Å²) in [5, 5.41) is 18.4. The van der Waals surface area contributed by atoms with Gasteiger partial charge in [-0.3, -0.25) is 19.1 Å². The molecule has 9 heteroatoms. The highest BCUT2D eigenvalue weighted by Crippen LogP contribution is 2.30. The molecule has 0 amide bonds. The molecule has 1 saturated heterocycles. The Hall–Kier alpha value is -1.71. The summed E-state index contributed by atoms with van der Waals surface area (Å²) in [6, 6.07) is 0. The van der Waals surface area contributed by atoms with Crippen LogP contribution < -0.4 is 11.2 Å². The molecule has 1 aromatic heterocycles. The van der Waals surface area contributed by atoms with Gasteiger partial charge in [-0.25, -0.2) is 4.79 Å². The Balaban J connectivity index is 2.32. The molecule has 2 unspecified atom stereocenters. The number of hydrogen-bond acceptors (Lipinski definition) is 6. The van der Waals surface area contributed by atoms with Crippen LogP contribution in [0, 0.1) is 0 Å². The molecule has 2 rings (SSSR count). The van der Waals surface area contributed by atoms with E-state index in [1.54, 1.807) is 0 Å². The van der Waals surface area contributed by atoms with Crippen molar-refractivity contribution in [3.05, 3.63) is 32.6 Å². The van der Waals surface area contributed by atoms with Crippen LogP contribution >= 0.6 is 0 Å². The van der Waals surface area contributed by atoms with Gasteiger partial charge in [0, 0.05) is 6.20 Å². The number of carbonyl (C=O) groups is 1. The predicted molar refractivity (Wildman–Crippen MR) is 62.8 cm³/mol. The van der Waals surface area contributed by atoms with E-state index in [1.807, 2.05) is 4.98 Å². The van der Waals surface area contributed by atoms with Crippen LogP contribution in [0.15, 0.2) is 15.8 Å². The predicted octanol–water partition coefficient (Wildman–Crippen LogP) is -2.17. The van der Waals surface area contributed by atoms with Gasteiger partial charge in [-0.15, -0.1) is 0 Å². The van der Waals surface area contributed by atoms with Gasteiger partial charge in [0.05, 0.1) is 5.56 Å². The highest BCUT2D eigenvalue weighted by atomic mass is 16.6. The van der Waals surface area contributed by atoms with Crippen LogP contribution in [0.1, 0.15) is 29.4 Å². The number of carbonyl (C=O) groups excluding carboxylic acids is 1. The van der Waals surface area contributed by atoms with E-state index in [4.69, 9.17) is 12.6 Å². The summed E-state index contributed by atoms with van der Waals surface area (Å²) in [5.74, 6) is 0. The fraction of sp³-hybridized carbons (Fsp3) is 0.500. The second-order valence-corrected chi connectivity index (χ2v) is 4.31. The van der Waals surface area contributed by atoms with E-state index in [1.165, 1.54) is 0 Å². The summed E-state index contributed by atoms with van der Waals surface area (Å²) in [6.07, 6.45) is -0.00230. The van der Waals surface area contributed by atoms with Crippen LogP contribution in [-0.4, -0.2) is 45.7 Å². The zero-order valence-corrected chi connectivity index (χ0v) is 9.78. The van der Waals surface area contributed by atoms with Crippen molar-refractivity contribution in [3.8, 4) is 0 Å². The average molecular weight is 266 g/mol. The number of aliphatic hydroxyl groups is 2. The van der Waals surface area contributed by atoms with Crippen LogP contribution in [0.2, 0.25) is 0 Å². The fourth-order valence-electron chi connectivity index (χ4n) is 1.94. The Labute approximate surface area is 108 Å². The minimum absolute atomic E-state index is 0.218. The van der Waals surface area contributed by atoms with E-state index in [-0.39, 0.29) is 18.4 Å². The normalized spacial score (nSPS) is 23.5. The Kier molecular flexibility index (Phi) is 3.44. The second-order valence-electron chi connectivity index (χ2n) is 4.31. The van der Waals surface area contributed by atoms with Gasteiger partial charge >= 0.3 is 5.69 Å². The smallest absolute Gasteiger partial charge is 0.330 e. The monoisotopic (exact) mass is 266 g/mol. The zero-order chi connectivity index (χ0) is 14.2. The lowest BCUT2D eigenvalue weighted by atomic mass is 9.88. The maximum atomic E-state index is 11.6. The summed E-state index contributed by atoms with van der Waals surface area (Å²) in [6.45, 7) is 0. The van der Waals surface area contributed by atoms with Crippen molar-refractivity contribution in [1.82, 2.24) is 9.55 Å². The topological polar surface area (TPSA) is 122 Å². The molecule has 2 atom stereocenters. The molecule has 2 radical (unpaired) electrons. The van der Waals surface area contributed by atoms with Crippen molar-refractivity contribution in [2.45, 2.75) is 30.9 Å². The molecule has 1 aromatic rings. The van der Waals surface area contributed by atoms with E-state index in [0.29, 0.717) is 6.29 Å². The number of aromatic nitrogens is 2. The summed E-state index contributed by atoms with van der Waals surface area (Å²) < 4.78 is 6.24. The van der Waals surface area contributed by atoms with E-state index < -0.39 is 29.3 Å². The largest absolute Gasteiger partial charge is 0.372 e. The van der Waals surface area contributed by atoms with Gasteiger partial charge in [-0.05, 0) is 12.8 Å². The first-order valence-corrected chi connectivity index (χ1v) is 5.52. The number of hydrogen-bond donors (Lipinski definition) is 3. The van der Waals surface area contributed by atoms with Crippen LogP contribution in [0.25, 0.3) is 0 Å². The lowest BCUT2D eigenvalue weighted by Gasteiger charge is -2.25. The van der Waals surface area contributed by atoms with E-state index in [2.05, 4.69) is 0 Å². The molecule has 3 N–H and O–H groups in total. The van der Waals surface area contributed by atoms with Crippen molar-refractivity contribution in [1.29, 1.82) is 0 Å². The number of aromatic amines is 1. The number of aldehydes is 1. The zero-order valence-electron chi connectivity index (χ0n) is 9.78. The summed E-state index contributed by atoms with van der Waals surface area (Å²) >= 11 is 0. The average Bonchev–Trinajstić information content (AvgIpc) is 2.78. The Morgan fingerprint density at radius 1 is 1.47 bits per heavy atom. The van der Waals surface area contributed by atoms with Crippen LogP contribution in [-0.2, 0) is 4.74 Å². The molecular weight excluding hydrogens is 255 g/mol. The van der Waals surface area contributed by atoms with Gasteiger partial charge in [0.15, 0.2) is 14.1 Å². The molecule has 8 nitrogen and oxygen atoms in total. The molecule has 0 saturated carbocycles. The van der Waals surface area contributed by atoms with Gasteiger partial charge in [0.25, 0.3) is 5.56 Å². The van der Waals surface area contributed by atoms with Gasteiger partial charge in [0.1, 0.15) is 18.0 Å². The third-order valence-electron chi connectivity index (χ3n) is 2.90. The molecular formula is C10H11BN2O6. The van der Waals surface area contributed by atoms with Crippen molar-refractivity contribution in [2.75, 3.05) is 0 Å². The SMILES string of the molecule is [B]C(O)(O)C1CCC(n2cc(C=O)c(=O)[nH]c2=O)O1. The van der Waals surface area contributed by atoms with Crippen molar-refractivity contribution in [2.24, 2.45) is 0 Å². The number of H-pyrrole nitrogens is 1. The Bertz CT molecular complexity index is 601. The van der Waals surface area contributed by atoms with Gasteiger partial charge in [-0.1, -0.05) is 0 Å². The first-order chi connectivity index (χ1) is 8.82. The van der Waals surface area contributed by atoms with Crippen molar-refractivity contribution >= 4 is 14.1 Å². The Morgan fingerprint density at radius 2 is 2.16 bits per heavy atom. The highest BCUT2D eigenvalue weighted by molar-refractivity contribution is 6.13. The lowest BCUT2D eigenvalue weighted by molar-refractivity contribution is -0.183. The fourth-order valence-corrected chi connectivity index (χ4v) is 1.94. The van der Waals surface area contributed by atoms with Crippen molar-refractivity contribution in [3.63, 3.8) is 0 Å². The highest BCUT2D eigenvalue weighted by Gasteiger charge is 2.37. The second kappa shape index (κ2) is 4.76. The van der Waals surface area contributed by atoms with E-state index in [9.17, 15) is 24.6 Å². The first kappa shape index (κ1) is 13.7. The third-order valence-corrected chi connectivity index (χ3v) is 2.90. The van der Waals surface area contributed by atoms with E-state index in [0.717, 1.165) is 10.8 Å². The minimum Gasteiger partial charge on any atom is -0.372 e. The summed E-state index contributed by atoms with van der Waals surface area (Å²) in [7, 11) is 5.08. The van der Waals surface area contributed by atoms with Crippen LogP contribution in [0.5, 0.6) is 0 Å². The third kappa shape index (κ3) is 2.67. The Morgan fingerprint density at radius 3 is 2.68 bits per heavy atom. The minimum atomic E-state index is -2.51. The number of nitrogens with one attached hydrogen (secondary N) is 1. The van der Waals surface area contributed by atoms with E-state index >= 15 is 0 Å². The molecule has 0 bridgehead atoms. The summed E-state index contributed by atoms with van der Waals surface area (Å²) in [5.41, 5.74) is -4.27. The molecule has 1 fully saturated rings. The molecule has 0 spiro atoms. The standard InChI is InChI=1S/C10H11BN2O6/c11-10(17,18)6-1-2-7(19-6)13-3-5(4-14)8(15)12-9(13)16/h3-4,6-7,17-18H,1-2H2,(H,12,15,16). The van der Waals surface area contributed by atoms with Gasteiger partial charge in [-0.2, -0.15) is 0 Å². The quantitative estimate of drug-likeness (QED) is 0.325. The number of rotatable bonds is 3. The number of ether oxygens (including phenoxy) is 1. The maximum absolute atomic E-state index is 11.6. The molecule has 2 heterocycles. The van der Waals surface area contributed by atoms with Gasteiger partial charge in [0.2, 0.25) is 0 Å². The molecule has 0 aromatic carbocycles. The molecule has 0 aliphatic carbocycles. The maximum Gasteiger partial charge on any atom is 0.330 e. The molecule has 1 aliphatic heterocycles. The molecule has 1 aliphatic rings. The van der Waals surface area contributed by atoms with Gasteiger partial charge < -0.3 is 14.9 Å². The molecule has 19 heavy (non-hydrogen) atoms. The van der Waals surface area contributed by atoms with Crippen LogP contribution in [0.4, 0.5) is 0 Å². The first-order valence-electron chi connectivity index (χ1n) is 5.52. The lowest BCUT2D eigenvalue weighted by Crippen LogP contribution is -2.43. The molecule has 100 valence electrons. The summed E-state index contributed by atoms with van der Waals surface area (Å²) in [4.78, 5) is 35.5.